The highest BCUT2D eigenvalue weighted by Gasteiger charge is 2.20. The molecule has 0 radical (unpaired) electrons. The summed E-state index contributed by atoms with van der Waals surface area (Å²) in [4.78, 5) is -0.226. The van der Waals surface area contributed by atoms with E-state index in [0.29, 0.717) is 10.8 Å². The molecule has 0 amide bonds. The number of rotatable bonds is 2. The number of hydrogen-bond acceptors (Lipinski definition) is 4. The molecule has 0 saturated heterocycles. The first-order chi connectivity index (χ1) is 7.97. The van der Waals surface area contributed by atoms with Crippen LogP contribution in [-0.4, -0.2) is 24.4 Å². The third-order valence-electron chi connectivity index (χ3n) is 2.67. The van der Waals surface area contributed by atoms with E-state index in [-0.39, 0.29) is 22.1 Å². The molecule has 17 heavy (non-hydrogen) atoms. The first kappa shape index (κ1) is 11.7. The van der Waals surface area contributed by atoms with E-state index >= 15 is 0 Å². The van der Waals surface area contributed by atoms with E-state index in [1.54, 1.807) is 24.3 Å². The van der Waals surface area contributed by atoms with Crippen molar-refractivity contribution in [3.05, 3.63) is 30.3 Å². The molecule has 0 bridgehead atoms. The molecular formula is C12H12O4S. The molecule has 2 aromatic rings. The van der Waals surface area contributed by atoms with Crippen LogP contribution in [0.15, 0.2) is 35.2 Å². The van der Waals surface area contributed by atoms with Crippen molar-refractivity contribution in [3.8, 4) is 11.5 Å². The minimum absolute atomic E-state index is 0.127. The minimum Gasteiger partial charge on any atom is -0.507 e. The number of phenolic OH excluding ortho intramolecular Hbond substituents is 2. The van der Waals surface area contributed by atoms with E-state index in [9.17, 15) is 18.6 Å². The molecule has 0 fully saturated rings. The van der Waals surface area contributed by atoms with Crippen molar-refractivity contribution in [1.29, 1.82) is 0 Å². The predicted molar refractivity (Wildman–Crippen MR) is 65.0 cm³/mol. The van der Waals surface area contributed by atoms with Gasteiger partial charge in [-0.05, 0) is 0 Å². The quantitative estimate of drug-likeness (QED) is 0.802. The molecule has 0 aliphatic rings. The van der Waals surface area contributed by atoms with Crippen molar-refractivity contribution in [1.82, 2.24) is 0 Å². The van der Waals surface area contributed by atoms with Gasteiger partial charge in [0.15, 0.2) is 9.84 Å². The summed E-state index contributed by atoms with van der Waals surface area (Å²) in [5.74, 6) is -0.580. The van der Waals surface area contributed by atoms with E-state index in [0.717, 1.165) is 6.07 Å². The Hall–Kier alpha value is -1.75. The van der Waals surface area contributed by atoms with Gasteiger partial charge < -0.3 is 10.2 Å². The lowest BCUT2D eigenvalue weighted by molar-refractivity contribution is 0.454. The average Bonchev–Trinajstić information content (AvgIpc) is 2.33. The number of phenols is 2. The second-order valence-electron chi connectivity index (χ2n) is 3.69. The first-order valence-electron chi connectivity index (χ1n) is 5.14. The fourth-order valence-corrected chi connectivity index (χ4v) is 2.72. The van der Waals surface area contributed by atoms with E-state index in [1.165, 1.54) is 6.92 Å². The molecule has 0 atom stereocenters. The second-order valence-corrected chi connectivity index (χ2v) is 5.94. The predicted octanol–water partition coefficient (Wildman–Crippen LogP) is 2.04. The third-order valence-corrected chi connectivity index (χ3v) is 4.42. The van der Waals surface area contributed by atoms with Crippen LogP contribution < -0.4 is 0 Å². The van der Waals surface area contributed by atoms with Crippen LogP contribution in [-0.2, 0) is 9.84 Å². The molecule has 0 saturated carbocycles. The van der Waals surface area contributed by atoms with Gasteiger partial charge in [-0.1, -0.05) is 31.2 Å². The van der Waals surface area contributed by atoms with Gasteiger partial charge in [-0.3, -0.25) is 0 Å². The lowest BCUT2D eigenvalue weighted by atomic mass is 10.1. The first-order valence-corrected chi connectivity index (χ1v) is 6.79. The Morgan fingerprint density at radius 1 is 1.12 bits per heavy atom. The SMILES string of the molecule is CCS(=O)(=O)c1cc(O)c2ccccc2c1O. The summed E-state index contributed by atoms with van der Waals surface area (Å²) in [6.07, 6.45) is 0. The van der Waals surface area contributed by atoms with Gasteiger partial charge in [0.25, 0.3) is 0 Å². The maximum Gasteiger partial charge on any atom is 0.181 e. The van der Waals surface area contributed by atoms with Crippen molar-refractivity contribution in [2.45, 2.75) is 11.8 Å². The van der Waals surface area contributed by atoms with E-state index in [4.69, 9.17) is 0 Å². The Balaban J connectivity index is 2.90. The fraction of sp³-hybridized carbons (Fsp3) is 0.167. The van der Waals surface area contributed by atoms with E-state index < -0.39 is 9.84 Å². The lowest BCUT2D eigenvalue weighted by Gasteiger charge is -2.09. The highest BCUT2D eigenvalue weighted by molar-refractivity contribution is 7.91. The maximum atomic E-state index is 11.7. The molecule has 0 unspecified atom stereocenters. The smallest absolute Gasteiger partial charge is 0.181 e. The zero-order valence-corrected chi connectivity index (χ0v) is 10.0. The highest BCUT2D eigenvalue weighted by Crippen LogP contribution is 2.37. The fourth-order valence-electron chi connectivity index (χ4n) is 1.71. The van der Waals surface area contributed by atoms with Crippen LogP contribution in [0.3, 0.4) is 0 Å². The standard InChI is InChI=1S/C12H12O4S/c1-2-17(15,16)11-7-10(13)8-5-3-4-6-9(8)12(11)14/h3-7,13-14H,2H2,1H3. The van der Waals surface area contributed by atoms with E-state index in [1.807, 2.05) is 0 Å². The van der Waals surface area contributed by atoms with Gasteiger partial charge in [-0.2, -0.15) is 0 Å². The number of hydrogen-bond donors (Lipinski definition) is 2. The molecule has 0 aliphatic carbocycles. The summed E-state index contributed by atoms with van der Waals surface area (Å²) < 4.78 is 23.5. The van der Waals surface area contributed by atoms with Gasteiger partial charge in [0, 0.05) is 16.8 Å². The number of aromatic hydroxyl groups is 2. The molecule has 2 rings (SSSR count). The highest BCUT2D eigenvalue weighted by atomic mass is 32.2. The summed E-state index contributed by atoms with van der Waals surface area (Å²) in [5.41, 5.74) is 0. The average molecular weight is 252 g/mol. The summed E-state index contributed by atoms with van der Waals surface area (Å²) >= 11 is 0. The Morgan fingerprint density at radius 2 is 1.71 bits per heavy atom. The number of benzene rings is 2. The largest absolute Gasteiger partial charge is 0.507 e. The maximum absolute atomic E-state index is 11.7. The van der Waals surface area contributed by atoms with Gasteiger partial charge in [-0.15, -0.1) is 0 Å². The number of fused-ring (bicyclic) bond motifs is 1. The summed E-state index contributed by atoms with van der Waals surface area (Å²) in [5, 5.41) is 20.5. The van der Waals surface area contributed by atoms with E-state index in [2.05, 4.69) is 0 Å². The second kappa shape index (κ2) is 3.92. The molecule has 0 aromatic heterocycles. The van der Waals surface area contributed by atoms with Crippen LogP contribution in [0.5, 0.6) is 11.5 Å². The molecule has 0 aliphatic heterocycles. The Kier molecular flexibility index (Phi) is 2.71. The van der Waals surface area contributed by atoms with Crippen LogP contribution in [0.2, 0.25) is 0 Å². The Labute approximate surface area is 99.1 Å². The molecule has 0 spiro atoms. The summed E-state index contributed by atoms with van der Waals surface area (Å²) in [6, 6.07) is 7.65. The van der Waals surface area contributed by atoms with Crippen LogP contribution in [0.1, 0.15) is 6.92 Å². The van der Waals surface area contributed by atoms with Crippen molar-refractivity contribution in [2.75, 3.05) is 5.75 Å². The topological polar surface area (TPSA) is 74.6 Å². The Morgan fingerprint density at radius 3 is 2.29 bits per heavy atom. The van der Waals surface area contributed by atoms with Crippen molar-refractivity contribution in [3.63, 3.8) is 0 Å². The number of sulfone groups is 1. The third kappa shape index (κ3) is 1.82. The molecule has 2 aromatic carbocycles. The van der Waals surface area contributed by atoms with Gasteiger partial charge in [0.1, 0.15) is 16.4 Å². The Bertz CT molecular complexity index is 674. The zero-order valence-electron chi connectivity index (χ0n) is 9.21. The zero-order chi connectivity index (χ0) is 12.6. The molecular weight excluding hydrogens is 240 g/mol. The lowest BCUT2D eigenvalue weighted by Crippen LogP contribution is -2.04. The molecule has 4 nitrogen and oxygen atoms in total. The normalized spacial score (nSPS) is 11.8. The minimum atomic E-state index is -3.55. The van der Waals surface area contributed by atoms with Crippen molar-refractivity contribution < 1.29 is 18.6 Å². The van der Waals surface area contributed by atoms with Crippen LogP contribution in [0.4, 0.5) is 0 Å². The van der Waals surface area contributed by atoms with Crippen LogP contribution in [0.25, 0.3) is 10.8 Å². The van der Waals surface area contributed by atoms with Crippen molar-refractivity contribution >= 4 is 20.6 Å². The van der Waals surface area contributed by atoms with Gasteiger partial charge in [0.2, 0.25) is 0 Å². The molecule has 5 heteroatoms. The molecule has 0 heterocycles. The summed E-state index contributed by atoms with van der Waals surface area (Å²) in [7, 11) is -3.55. The molecule has 90 valence electrons. The van der Waals surface area contributed by atoms with Crippen LogP contribution >= 0.6 is 0 Å². The van der Waals surface area contributed by atoms with Crippen LogP contribution in [0, 0.1) is 0 Å². The summed E-state index contributed by atoms with van der Waals surface area (Å²) in [6.45, 7) is 1.49. The van der Waals surface area contributed by atoms with Gasteiger partial charge in [0.05, 0.1) is 5.75 Å². The van der Waals surface area contributed by atoms with Crippen molar-refractivity contribution in [2.24, 2.45) is 0 Å². The molecule has 2 N–H and O–H groups in total. The van der Waals surface area contributed by atoms with Gasteiger partial charge in [-0.25, -0.2) is 8.42 Å². The van der Waals surface area contributed by atoms with Gasteiger partial charge >= 0.3 is 0 Å². The monoisotopic (exact) mass is 252 g/mol.